The largest absolute Gasteiger partial charge is 2.00 e. The summed E-state index contributed by atoms with van der Waals surface area (Å²) in [6, 6.07) is 0. The SMILES string of the molecule is CCC[C@H](C)CCC/C(C)=C/COC(=O)CC[C@@H]1/C2=C3/c4[n-]c(c(C)c4C(=O)[C@@H]3C(=O)OC)/C=c3\[n-]/c(c(C=O)c3CC)=C\c3[n-]c(c(C)c3CC)/C=C(\[N-]2)[C@H]1C.[Mg+2]. The summed E-state index contributed by atoms with van der Waals surface area (Å²) in [5.74, 6) is -2.47. The molecule has 58 heavy (non-hydrogen) atoms. The maximum absolute atomic E-state index is 14.3. The van der Waals surface area contributed by atoms with Crippen molar-refractivity contribution in [1.29, 1.82) is 0 Å². The number of carbonyl (C=O) groups excluding carboxylic acids is 4. The molecule has 0 amide bonds. The molecule has 4 atom stereocenters. The van der Waals surface area contributed by atoms with Crippen LogP contribution in [0, 0.1) is 37.5 Å². The zero-order valence-corrected chi connectivity index (χ0v) is 37.1. The maximum atomic E-state index is 14.3. The number of methoxy groups -OCH3 is 1. The third-order valence-electron chi connectivity index (χ3n) is 12.2. The molecule has 1 aliphatic carbocycles. The molecule has 0 radical (unpaired) electrons. The van der Waals surface area contributed by atoms with Gasteiger partial charge in [-0.1, -0.05) is 106 Å². The summed E-state index contributed by atoms with van der Waals surface area (Å²) < 4.78 is 10.9. The second-order valence-electron chi connectivity index (χ2n) is 16.0. The normalized spacial score (nSPS) is 22.2. The minimum atomic E-state index is -1.25. The first-order chi connectivity index (χ1) is 27.4. The molecule has 3 aliphatic rings. The number of allylic oxidation sites excluding steroid dienone is 3. The second kappa shape index (κ2) is 19.1. The van der Waals surface area contributed by atoms with Crippen LogP contribution in [0.5, 0.6) is 0 Å². The van der Waals surface area contributed by atoms with Crippen molar-refractivity contribution in [3.63, 3.8) is 0 Å². The summed E-state index contributed by atoms with van der Waals surface area (Å²) in [6.07, 6.45) is 16.0. The molecule has 8 bridgehead atoms. The minimum absolute atomic E-state index is 0. The van der Waals surface area contributed by atoms with Gasteiger partial charge in [-0.15, -0.1) is 33.5 Å². The van der Waals surface area contributed by atoms with Gasteiger partial charge in [-0.3, -0.25) is 19.2 Å². The molecule has 3 aromatic rings. The average molecular weight is 797 g/mol. The third-order valence-corrected chi connectivity index (χ3v) is 12.2. The van der Waals surface area contributed by atoms with Crippen molar-refractivity contribution < 1.29 is 28.7 Å². The standard InChI is InChI=1S/C47H57N4O6.Mg/c1-10-14-25(4)15-13-16-26(5)19-20-57-40(53)18-17-32-28(7)35-21-34-27(6)30(11-2)37(48-34)23-39-33(24-52)31(12-3)38(49-39)22-36-29(8)41-45(51-36)42(44(32)50-35)43(46(41)54)47(55)56-9;/h19,21-25,28,32,43H,10-18,20H2,1-9H3,(H-,50,51,52,54);/q-3;+2/p-1/b26-19+,35-21-,39-23-;/t25-,28-,32-,43+;/m0./s1. The van der Waals surface area contributed by atoms with Gasteiger partial charge in [-0.2, -0.15) is 11.4 Å². The van der Waals surface area contributed by atoms with Crippen molar-refractivity contribution in [2.24, 2.45) is 23.7 Å². The summed E-state index contributed by atoms with van der Waals surface area (Å²) in [7, 11) is 1.27. The molecule has 1 saturated heterocycles. The van der Waals surface area contributed by atoms with Crippen LogP contribution in [-0.4, -0.2) is 60.8 Å². The first kappa shape index (κ1) is 44.7. The van der Waals surface area contributed by atoms with Gasteiger partial charge < -0.3 is 29.7 Å². The number of carbonyl (C=O) groups is 4. The van der Waals surface area contributed by atoms with Gasteiger partial charge in [0.15, 0.2) is 5.78 Å². The van der Waals surface area contributed by atoms with E-state index >= 15 is 0 Å². The Hall–Kier alpha value is -4.35. The Balaban J connectivity index is 0.00000641. The molecule has 6 rings (SSSR count). The van der Waals surface area contributed by atoms with Gasteiger partial charge in [0.1, 0.15) is 18.8 Å². The number of Topliss-reactive ketones (excluding diaryl/α,β-unsaturated/α-hetero) is 1. The van der Waals surface area contributed by atoms with Crippen molar-refractivity contribution in [2.45, 2.75) is 113 Å². The summed E-state index contributed by atoms with van der Waals surface area (Å²) in [5.41, 5.74) is 9.56. The molecule has 0 N–H and O–H groups in total. The molecule has 0 aromatic carbocycles. The predicted molar refractivity (Wildman–Crippen MR) is 228 cm³/mol. The number of aldehydes is 1. The zero-order valence-electron chi connectivity index (χ0n) is 35.7. The van der Waals surface area contributed by atoms with Crippen LogP contribution in [0.1, 0.15) is 152 Å². The molecule has 11 heteroatoms. The Labute approximate surface area is 358 Å². The number of rotatable bonds is 15. The van der Waals surface area contributed by atoms with Crippen LogP contribution in [0.15, 0.2) is 23.0 Å². The van der Waals surface area contributed by atoms with Gasteiger partial charge in [0, 0.05) is 17.5 Å². The van der Waals surface area contributed by atoms with E-state index in [2.05, 4.69) is 34.6 Å². The molecule has 5 heterocycles. The van der Waals surface area contributed by atoms with E-state index in [-0.39, 0.29) is 53.9 Å². The van der Waals surface area contributed by atoms with Gasteiger partial charge in [0.25, 0.3) is 0 Å². The van der Waals surface area contributed by atoms with Crippen molar-refractivity contribution in [1.82, 2.24) is 15.0 Å². The molecule has 10 nitrogen and oxygen atoms in total. The first-order valence-corrected chi connectivity index (χ1v) is 20.7. The van der Waals surface area contributed by atoms with E-state index in [4.69, 9.17) is 29.7 Å². The van der Waals surface area contributed by atoms with Gasteiger partial charge in [0.2, 0.25) is 0 Å². The van der Waals surface area contributed by atoms with Crippen LogP contribution < -0.4 is 25.7 Å². The quantitative estimate of drug-likeness (QED) is 0.0525. The number of ether oxygens (including phenoxy) is 2. The van der Waals surface area contributed by atoms with E-state index in [1.165, 1.54) is 31.9 Å². The number of hydrogen-bond acceptors (Lipinski definition) is 6. The molecule has 0 saturated carbocycles. The van der Waals surface area contributed by atoms with Gasteiger partial charge in [-0.25, -0.2) is 0 Å². The van der Waals surface area contributed by atoms with Gasteiger partial charge in [-0.05, 0) is 76.7 Å². The Morgan fingerprint density at radius 3 is 2.29 bits per heavy atom. The summed E-state index contributed by atoms with van der Waals surface area (Å²) >= 11 is 0. The molecule has 2 aliphatic heterocycles. The number of nitrogens with zero attached hydrogens (tertiary/aromatic N) is 4. The molecule has 0 spiro atoms. The second-order valence-corrected chi connectivity index (χ2v) is 16.0. The average Bonchev–Trinajstić information content (AvgIpc) is 3.94. The number of ketones is 1. The maximum Gasteiger partial charge on any atom is 2.00 e. The summed E-state index contributed by atoms with van der Waals surface area (Å²) in [4.78, 5) is 68.6. The van der Waals surface area contributed by atoms with E-state index in [0.29, 0.717) is 62.9 Å². The van der Waals surface area contributed by atoms with Crippen LogP contribution in [0.3, 0.4) is 0 Å². The fourth-order valence-corrected chi connectivity index (χ4v) is 8.91. The van der Waals surface area contributed by atoms with E-state index < -0.39 is 17.7 Å². The smallest absolute Gasteiger partial charge is 0.664 e. The fourth-order valence-electron chi connectivity index (χ4n) is 8.91. The summed E-state index contributed by atoms with van der Waals surface area (Å²) in [6.45, 7) is 16.8. The van der Waals surface area contributed by atoms with Crippen molar-refractivity contribution in [3.05, 3.63) is 95.2 Å². The van der Waals surface area contributed by atoms with Crippen LogP contribution in [0.2, 0.25) is 0 Å². The molecular weight excluding hydrogens is 741 g/mol. The predicted octanol–water partition coefficient (Wildman–Crippen LogP) is 6.96. The van der Waals surface area contributed by atoms with Crippen LogP contribution in [0.4, 0.5) is 0 Å². The van der Waals surface area contributed by atoms with E-state index in [9.17, 15) is 19.2 Å². The number of fused-ring (bicyclic) bond motifs is 7. The molecule has 304 valence electrons. The Bertz CT molecular complexity index is 2300. The van der Waals surface area contributed by atoms with Crippen molar-refractivity contribution in [2.75, 3.05) is 13.7 Å². The zero-order chi connectivity index (χ0) is 41.1. The van der Waals surface area contributed by atoms with Crippen LogP contribution in [0.25, 0.3) is 29.1 Å². The Morgan fingerprint density at radius 2 is 1.62 bits per heavy atom. The van der Waals surface area contributed by atoms with Crippen LogP contribution in [-0.2, 0) is 31.9 Å². The molecule has 0 unspecified atom stereocenters. The first-order valence-electron chi connectivity index (χ1n) is 20.7. The molecular formula is C47H56MgN4O6-2. The molecule has 1 fully saturated rings. The summed E-state index contributed by atoms with van der Waals surface area (Å²) in [5, 5.41) is 6.32. The number of esters is 2. The van der Waals surface area contributed by atoms with Gasteiger partial charge in [0.05, 0.1) is 7.11 Å². The number of hydrogen-bond donors (Lipinski definition) is 0. The van der Waals surface area contributed by atoms with E-state index in [1.54, 1.807) is 0 Å². The minimum Gasteiger partial charge on any atom is -0.664 e. The third kappa shape index (κ3) is 8.67. The number of aromatic nitrogens is 3. The van der Waals surface area contributed by atoms with Crippen molar-refractivity contribution >= 4 is 70.9 Å². The van der Waals surface area contributed by atoms with Crippen LogP contribution >= 0.6 is 0 Å². The Morgan fingerprint density at radius 1 is 0.914 bits per heavy atom. The van der Waals surface area contributed by atoms with Gasteiger partial charge >= 0.3 is 35.0 Å². The Kier molecular flexibility index (Phi) is 14.8. The van der Waals surface area contributed by atoms with E-state index in [0.717, 1.165) is 65.2 Å². The molecule has 3 aromatic heterocycles. The fraction of sp³-hybridized carbons (Fsp3) is 0.489. The topological polar surface area (TPSA) is 143 Å². The monoisotopic (exact) mass is 796 g/mol. The van der Waals surface area contributed by atoms with Crippen molar-refractivity contribution in [3.8, 4) is 0 Å². The van der Waals surface area contributed by atoms with E-state index in [1.807, 2.05) is 45.1 Å².